The van der Waals surface area contributed by atoms with Gasteiger partial charge in [-0.15, -0.1) is 6.58 Å². The van der Waals surface area contributed by atoms with Crippen LogP contribution in [0.3, 0.4) is 0 Å². The Morgan fingerprint density at radius 1 is 1.33 bits per heavy atom. The van der Waals surface area contributed by atoms with E-state index in [1.54, 1.807) is 6.08 Å². The standard InChI is InChI=1S/C16H21NO/c1-4-11-17(16(18)5-2)13-14(3)12-15-9-7-6-8-10-15/h4,6-10,12H,1,5,11,13H2,2-3H3. The van der Waals surface area contributed by atoms with Crippen molar-refractivity contribution < 1.29 is 4.79 Å². The summed E-state index contributed by atoms with van der Waals surface area (Å²) in [5, 5.41) is 0. The Morgan fingerprint density at radius 3 is 2.56 bits per heavy atom. The van der Waals surface area contributed by atoms with Crippen LogP contribution in [0.1, 0.15) is 25.8 Å². The largest absolute Gasteiger partial charge is 0.335 e. The van der Waals surface area contributed by atoms with Crippen molar-refractivity contribution in [1.82, 2.24) is 4.90 Å². The zero-order valence-corrected chi connectivity index (χ0v) is 11.2. The predicted octanol–water partition coefficient (Wildman–Crippen LogP) is 3.51. The number of carbonyl (C=O) groups is 1. The molecule has 0 heterocycles. The van der Waals surface area contributed by atoms with Crippen molar-refractivity contribution in [3.05, 3.63) is 54.1 Å². The van der Waals surface area contributed by atoms with E-state index in [4.69, 9.17) is 0 Å². The van der Waals surface area contributed by atoms with Crippen LogP contribution in [0.4, 0.5) is 0 Å². The van der Waals surface area contributed by atoms with E-state index in [0.717, 1.165) is 5.56 Å². The van der Waals surface area contributed by atoms with E-state index in [9.17, 15) is 4.79 Å². The Bertz CT molecular complexity index is 420. The maximum Gasteiger partial charge on any atom is 0.222 e. The third-order valence-corrected chi connectivity index (χ3v) is 2.66. The first-order valence-corrected chi connectivity index (χ1v) is 6.28. The van der Waals surface area contributed by atoms with Gasteiger partial charge in [0, 0.05) is 19.5 Å². The van der Waals surface area contributed by atoms with Crippen molar-refractivity contribution in [2.45, 2.75) is 20.3 Å². The number of benzene rings is 1. The van der Waals surface area contributed by atoms with Crippen molar-refractivity contribution >= 4 is 12.0 Å². The Kier molecular flexibility index (Phi) is 5.92. The first-order valence-electron chi connectivity index (χ1n) is 6.28. The Labute approximate surface area is 110 Å². The summed E-state index contributed by atoms with van der Waals surface area (Å²) in [6.45, 7) is 8.89. The van der Waals surface area contributed by atoms with Crippen LogP contribution in [0.5, 0.6) is 0 Å². The quantitative estimate of drug-likeness (QED) is 0.700. The van der Waals surface area contributed by atoms with Crippen LogP contribution in [0, 0.1) is 0 Å². The van der Waals surface area contributed by atoms with E-state index in [1.807, 2.05) is 36.9 Å². The molecule has 0 saturated heterocycles. The molecule has 1 amide bonds. The van der Waals surface area contributed by atoms with E-state index in [0.29, 0.717) is 19.5 Å². The summed E-state index contributed by atoms with van der Waals surface area (Å²) in [5.74, 6) is 0.163. The smallest absolute Gasteiger partial charge is 0.222 e. The van der Waals surface area contributed by atoms with E-state index in [-0.39, 0.29) is 5.91 Å². The summed E-state index contributed by atoms with van der Waals surface area (Å²) in [5.41, 5.74) is 2.34. The zero-order valence-electron chi connectivity index (χ0n) is 11.2. The van der Waals surface area contributed by atoms with Gasteiger partial charge >= 0.3 is 0 Å². The molecular formula is C16H21NO. The number of carbonyl (C=O) groups excluding carboxylic acids is 1. The van der Waals surface area contributed by atoms with Gasteiger partial charge in [0.05, 0.1) is 0 Å². The lowest BCUT2D eigenvalue weighted by molar-refractivity contribution is -0.129. The molecule has 0 aliphatic carbocycles. The lowest BCUT2D eigenvalue weighted by atomic mass is 10.1. The van der Waals surface area contributed by atoms with E-state index < -0.39 is 0 Å². The molecule has 1 aromatic rings. The average Bonchev–Trinajstić information content (AvgIpc) is 2.38. The van der Waals surface area contributed by atoms with Crippen molar-refractivity contribution in [2.75, 3.05) is 13.1 Å². The van der Waals surface area contributed by atoms with Gasteiger partial charge in [-0.2, -0.15) is 0 Å². The molecule has 0 atom stereocenters. The molecule has 0 aliphatic rings. The first-order chi connectivity index (χ1) is 8.67. The van der Waals surface area contributed by atoms with Gasteiger partial charge in [-0.3, -0.25) is 4.79 Å². The molecule has 0 unspecified atom stereocenters. The van der Waals surface area contributed by atoms with Gasteiger partial charge in [0.25, 0.3) is 0 Å². The monoisotopic (exact) mass is 243 g/mol. The van der Waals surface area contributed by atoms with Crippen LogP contribution < -0.4 is 0 Å². The van der Waals surface area contributed by atoms with Gasteiger partial charge in [-0.05, 0) is 12.5 Å². The molecule has 1 rings (SSSR count). The van der Waals surface area contributed by atoms with Crippen LogP contribution in [0.25, 0.3) is 6.08 Å². The number of nitrogens with zero attached hydrogens (tertiary/aromatic N) is 1. The molecule has 0 fully saturated rings. The van der Waals surface area contributed by atoms with Crippen molar-refractivity contribution in [1.29, 1.82) is 0 Å². The van der Waals surface area contributed by atoms with Crippen LogP contribution in [0.2, 0.25) is 0 Å². The number of amides is 1. The topological polar surface area (TPSA) is 20.3 Å². The summed E-state index contributed by atoms with van der Waals surface area (Å²) < 4.78 is 0. The molecule has 2 nitrogen and oxygen atoms in total. The molecule has 1 aromatic carbocycles. The van der Waals surface area contributed by atoms with Gasteiger partial charge in [0.15, 0.2) is 0 Å². The second kappa shape index (κ2) is 7.49. The van der Waals surface area contributed by atoms with E-state index in [1.165, 1.54) is 5.57 Å². The normalized spacial score (nSPS) is 11.1. The van der Waals surface area contributed by atoms with Crippen molar-refractivity contribution in [3.63, 3.8) is 0 Å². The second-order valence-electron chi connectivity index (χ2n) is 4.32. The summed E-state index contributed by atoms with van der Waals surface area (Å²) >= 11 is 0. The predicted molar refractivity (Wildman–Crippen MR) is 77.2 cm³/mol. The fraction of sp³-hybridized carbons (Fsp3) is 0.312. The van der Waals surface area contributed by atoms with Crippen LogP contribution in [-0.4, -0.2) is 23.9 Å². The summed E-state index contributed by atoms with van der Waals surface area (Å²) in [4.78, 5) is 13.6. The highest BCUT2D eigenvalue weighted by atomic mass is 16.2. The van der Waals surface area contributed by atoms with Gasteiger partial charge in [0.1, 0.15) is 0 Å². The highest BCUT2D eigenvalue weighted by molar-refractivity contribution is 5.76. The second-order valence-corrected chi connectivity index (χ2v) is 4.32. The van der Waals surface area contributed by atoms with Gasteiger partial charge in [-0.25, -0.2) is 0 Å². The maximum absolute atomic E-state index is 11.7. The van der Waals surface area contributed by atoms with Crippen LogP contribution in [0.15, 0.2) is 48.6 Å². The molecule has 0 aromatic heterocycles. The summed E-state index contributed by atoms with van der Waals surface area (Å²) in [7, 11) is 0. The summed E-state index contributed by atoms with van der Waals surface area (Å²) in [6, 6.07) is 10.1. The highest BCUT2D eigenvalue weighted by Gasteiger charge is 2.09. The maximum atomic E-state index is 11.7. The molecule has 0 bridgehead atoms. The lowest BCUT2D eigenvalue weighted by Gasteiger charge is -2.20. The number of hydrogen-bond donors (Lipinski definition) is 0. The molecule has 96 valence electrons. The molecule has 0 saturated carbocycles. The average molecular weight is 243 g/mol. The molecule has 2 heteroatoms. The minimum absolute atomic E-state index is 0.163. The fourth-order valence-electron chi connectivity index (χ4n) is 1.81. The first kappa shape index (κ1) is 14.2. The molecule has 18 heavy (non-hydrogen) atoms. The lowest BCUT2D eigenvalue weighted by Crippen LogP contribution is -2.31. The molecular weight excluding hydrogens is 222 g/mol. The zero-order chi connectivity index (χ0) is 13.4. The minimum atomic E-state index is 0.163. The molecule has 0 aliphatic heterocycles. The number of rotatable bonds is 6. The third-order valence-electron chi connectivity index (χ3n) is 2.66. The van der Waals surface area contributed by atoms with E-state index >= 15 is 0 Å². The van der Waals surface area contributed by atoms with Crippen molar-refractivity contribution in [3.8, 4) is 0 Å². The van der Waals surface area contributed by atoms with Gasteiger partial charge < -0.3 is 4.90 Å². The highest BCUT2D eigenvalue weighted by Crippen LogP contribution is 2.08. The number of hydrogen-bond acceptors (Lipinski definition) is 1. The third kappa shape index (κ3) is 4.58. The molecule has 0 radical (unpaired) electrons. The van der Waals surface area contributed by atoms with Crippen LogP contribution >= 0.6 is 0 Å². The molecule has 0 N–H and O–H groups in total. The summed E-state index contributed by atoms with van der Waals surface area (Å²) in [6.07, 6.45) is 4.41. The Balaban J connectivity index is 2.71. The van der Waals surface area contributed by atoms with E-state index in [2.05, 4.69) is 24.8 Å². The van der Waals surface area contributed by atoms with Gasteiger partial charge in [0.2, 0.25) is 5.91 Å². The Hall–Kier alpha value is -1.83. The molecule has 0 spiro atoms. The van der Waals surface area contributed by atoms with Crippen LogP contribution in [-0.2, 0) is 4.79 Å². The van der Waals surface area contributed by atoms with Gasteiger partial charge in [-0.1, -0.05) is 55.0 Å². The minimum Gasteiger partial charge on any atom is -0.335 e. The van der Waals surface area contributed by atoms with Crippen molar-refractivity contribution in [2.24, 2.45) is 0 Å². The Morgan fingerprint density at radius 2 is 2.00 bits per heavy atom. The SMILES string of the molecule is C=CCN(CC(C)=Cc1ccccc1)C(=O)CC. The fourth-order valence-corrected chi connectivity index (χ4v) is 1.81.